The maximum Gasteiger partial charge on any atom is 0.267 e. The van der Waals surface area contributed by atoms with Gasteiger partial charge >= 0.3 is 0 Å². The first-order chi connectivity index (χ1) is 16.5. The molecule has 0 unspecified atom stereocenters. The highest BCUT2D eigenvalue weighted by atomic mass is 35.5. The molecule has 9 nitrogen and oxygen atoms in total. The number of nitrogens with zero attached hydrogens (tertiary/aromatic N) is 6. The summed E-state index contributed by atoms with van der Waals surface area (Å²) in [6.45, 7) is 1.71. The predicted octanol–water partition coefficient (Wildman–Crippen LogP) is 3.94. The number of hydrogen-bond donors (Lipinski definition) is 2. The van der Waals surface area contributed by atoms with Crippen molar-refractivity contribution < 1.29 is 0 Å². The van der Waals surface area contributed by atoms with Gasteiger partial charge in [-0.05, 0) is 43.5 Å². The Balaban J connectivity index is 1.75. The number of aromatic nitrogens is 5. The summed E-state index contributed by atoms with van der Waals surface area (Å²) in [6, 6.07) is 10.4. The van der Waals surface area contributed by atoms with E-state index in [-0.39, 0.29) is 16.9 Å². The van der Waals surface area contributed by atoms with Gasteiger partial charge in [-0.2, -0.15) is 5.26 Å². The lowest BCUT2D eigenvalue weighted by molar-refractivity contribution is 0.581. The van der Waals surface area contributed by atoms with Crippen molar-refractivity contribution in [3.05, 3.63) is 75.3 Å². The molecular formula is C24H21ClN8O. The molecule has 1 aliphatic rings. The average Bonchev–Trinajstić information content (AvgIpc) is 3.63. The third kappa shape index (κ3) is 4.04. The molecule has 1 atom stereocenters. The SMILES string of the molecule is Cc1nc(N)c(C#N)c(N[C@@H](CC2CC2)c2nc3cccc(Cl)c3c(=O)n2-c2cccnc2)n1. The van der Waals surface area contributed by atoms with Crippen LogP contribution in [0.1, 0.15) is 42.5 Å². The van der Waals surface area contributed by atoms with Gasteiger partial charge in [0.05, 0.1) is 33.9 Å². The number of nitriles is 1. The lowest BCUT2D eigenvalue weighted by Crippen LogP contribution is -2.29. The summed E-state index contributed by atoms with van der Waals surface area (Å²) in [4.78, 5) is 31.3. The molecule has 5 rings (SSSR count). The molecule has 0 radical (unpaired) electrons. The Labute approximate surface area is 200 Å². The van der Waals surface area contributed by atoms with Crippen molar-refractivity contribution in [2.45, 2.75) is 32.2 Å². The van der Waals surface area contributed by atoms with Crippen LogP contribution in [0, 0.1) is 24.2 Å². The van der Waals surface area contributed by atoms with Crippen molar-refractivity contribution in [3.63, 3.8) is 0 Å². The Kier molecular flexibility index (Phi) is 5.59. The molecule has 4 aromatic rings. The number of nitrogens with two attached hydrogens (primary N) is 1. The van der Waals surface area contributed by atoms with Crippen LogP contribution < -0.4 is 16.6 Å². The molecule has 170 valence electrons. The van der Waals surface area contributed by atoms with Crippen LogP contribution in [0.2, 0.25) is 5.02 Å². The minimum Gasteiger partial charge on any atom is -0.382 e. The van der Waals surface area contributed by atoms with Gasteiger partial charge in [0.2, 0.25) is 0 Å². The zero-order valence-corrected chi connectivity index (χ0v) is 19.1. The summed E-state index contributed by atoms with van der Waals surface area (Å²) in [5.74, 6) is 1.81. The van der Waals surface area contributed by atoms with E-state index in [4.69, 9.17) is 22.3 Å². The van der Waals surface area contributed by atoms with E-state index < -0.39 is 6.04 Å². The van der Waals surface area contributed by atoms with Crippen molar-refractivity contribution in [2.75, 3.05) is 11.1 Å². The number of pyridine rings is 1. The van der Waals surface area contributed by atoms with Crippen molar-refractivity contribution in [1.29, 1.82) is 5.26 Å². The summed E-state index contributed by atoms with van der Waals surface area (Å²) in [5.41, 5.74) is 6.92. The molecular weight excluding hydrogens is 452 g/mol. The summed E-state index contributed by atoms with van der Waals surface area (Å²) < 4.78 is 1.53. The fraction of sp³-hybridized carbons (Fsp3) is 0.250. The maximum atomic E-state index is 13.7. The van der Waals surface area contributed by atoms with Crippen molar-refractivity contribution in [3.8, 4) is 11.8 Å². The summed E-state index contributed by atoms with van der Waals surface area (Å²) in [5, 5.41) is 13.7. The molecule has 3 N–H and O–H groups in total. The van der Waals surface area contributed by atoms with E-state index in [0.717, 1.165) is 12.8 Å². The minimum absolute atomic E-state index is 0.102. The number of halogens is 1. The predicted molar refractivity (Wildman–Crippen MR) is 130 cm³/mol. The molecule has 0 bridgehead atoms. The Morgan fingerprint density at radius 3 is 2.79 bits per heavy atom. The van der Waals surface area contributed by atoms with Crippen molar-refractivity contribution in [2.24, 2.45) is 5.92 Å². The minimum atomic E-state index is -0.426. The van der Waals surface area contributed by atoms with Crippen LogP contribution in [0.15, 0.2) is 47.5 Å². The second-order valence-corrected chi connectivity index (χ2v) is 8.73. The van der Waals surface area contributed by atoms with Crippen molar-refractivity contribution >= 4 is 34.1 Å². The van der Waals surface area contributed by atoms with Gasteiger partial charge in [0, 0.05) is 6.20 Å². The van der Waals surface area contributed by atoms with Gasteiger partial charge in [0.25, 0.3) is 5.56 Å². The molecule has 3 aromatic heterocycles. The van der Waals surface area contributed by atoms with Gasteiger partial charge in [-0.3, -0.25) is 14.3 Å². The topological polar surface area (TPSA) is 135 Å². The lowest BCUT2D eigenvalue weighted by atomic mass is 10.1. The number of nitrogens with one attached hydrogen (secondary N) is 1. The second kappa shape index (κ2) is 8.72. The number of hydrogen-bond acceptors (Lipinski definition) is 8. The largest absolute Gasteiger partial charge is 0.382 e. The van der Waals surface area contributed by atoms with Crippen LogP contribution in [0.4, 0.5) is 11.6 Å². The maximum absolute atomic E-state index is 13.7. The standard InChI is InChI=1S/C24H21ClN8O/c1-13-29-21(27)16(11-26)22(30-13)31-19(10-14-7-8-14)23-32-18-6-2-5-17(25)20(18)24(34)33(23)15-4-3-9-28-12-15/h2-6,9,12,14,19H,7-8,10H2,1H3,(H3,27,29,30,31)/t19-/m0/s1. The number of rotatable bonds is 6. The van der Waals surface area contributed by atoms with E-state index in [1.807, 2.05) is 0 Å². The number of nitrogen functional groups attached to an aromatic ring is 1. The number of anilines is 2. The van der Waals surface area contributed by atoms with Gasteiger partial charge < -0.3 is 11.1 Å². The molecule has 1 saturated carbocycles. The summed E-state index contributed by atoms with van der Waals surface area (Å²) >= 11 is 6.40. The monoisotopic (exact) mass is 472 g/mol. The molecule has 1 aromatic carbocycles. The molecule has 3 heterocycles. The third-order valence-electron chi connectivity index (χ3n) is 5.83. The zero-order valence-electron chi connectivity index (χ0n) is 18.4. The summed E-state index contributed by atoms with van der Waals surface area (Å²) in [6.07, 6.45) is 6.13. The highest BCUT2D eigenvalue weighted by Gasteiger charge is 2.31. The van der Waals surface area contributed by atoms with E-state index in [1.54, 1.807) is 49.6 Å². The second-order valence-electron chi connectivity index (χ2n) is 8.32. The third-order valence-corrected chi connectivity index (χ3v) is 6.14. The number of fused-ring (bicyclic) bond motifs is 1. The van der Waals surface area contributed by atoms with E-state index in [1.165, 1.54) is 4.57 Å². The van der Waals surface area contributed by atoms with E-state index in [2.05, 4.69) is 26.3 Å². The quantitative estimate of drug-likeness (QED) is 0.430. The number of benzene rings is 1. The molecule has 1 aliphatic carbocycles. The summed E-state index contributed by atoms with van der Waals surface area (Å²) in [7, 11) is 0. The van der Waals surface area contributed by atoms with Gasteiger partial charge in [0.1, 0.15) is 29.1 Å². The molecule has 1 fully saturated rings. The highest BCUT2D eigenvalue weighted by molar-refractivity contribution is 6.35. The normalized spacial score (nSPS) is 14.0. The van der Waals surface area contributed by atoms with Crippen LogP contribution in [0.5, 0.6) is 0 Å². The number of aryl methyl sites for hydroxylation is 1. The van der Waals surface area contributed by atoms with E-state index in [9.17, 15) is 10.1 Å². The fourth-order valence-electron chi connectivity index (χ4n) is 4.07. The van der Waals surface area contributed by atoms with Gasteiger partial charge in [-0.25, -0.2) is 15.0 Å². The fourth-order valence-corrected chi connectivity index (χ4v) is 4.32. The Bertz CT molecular complexity index is 1490. The molecule has 0 spiro atoms. The van der Waals surface area contributed by atoms with Crippen LogP contribution in [-0.4, -0.2) is 24.5 Å². The first-order valence-corrected chi connectivity index (χ1v) is 11.3. The van der Waals surface area contributed by atoms with Gasteiger partial charge in [-0.1, -0.05) is 30.5 Å². The van der Waals surface area contributed by atoms with E-state index in [0.29, 0.717) is 51.4 Å². The molecule has 0 amide bonds. The Hall–Kier alpha value is -4.03. The Morgan fingerprint density at radius 2 is 2.09 bits per heavy atom. The smallest absolute Gasteiger partial charge is 0.267 e. The van der Waals surface area contributed by atoms with Crippen molar-refractivity contribution in [1.82, 2.24) is 24.5 Å². The van der Waals surface area contributed by atoms with Gasteiger partial charge in [-0.15, -0.1) is 0 Å². The Morgan fingerprint density at radius 1 is 1.26 bits per heavy atom. The lowest BCUT2D eigenvalue weighted by Gasteiger charge is -2.24. The van der Waals surface area contributed by atoms with E-state index >= 15 is 0 Å². The van der Waals surface area contributed by atoms with Crippen LogP contribution >= 0.6 is 11.6 Å². The highest BCUT2D eigenvalue weighted by Crippen LogP contribution is 2.39. The zero-order chi connectivity index (χ0) is 23.8. The van der Waals surface area contributed by atoms with Crippen LogP contribution in [-0.2, 0) is 0 Å². The molecule has 34 heavy (non-hydrogen) atoms. The van der Waals surface area contributed by atoms with Gasteiger partial charge in [0.15, 0.2) is 5.82 Å². The van der Waals surface area contributed by atoms with Crippen LogP contribution in [0.25, 0.3) is 16.6 Å². The molecule has 0 aliphatic heterocycles. The molecule has 0 saturated heterocycles. The molecule has 10 heteroatoms. The van der Waals surface area contributed by atoms with Crippen LogP contribution in [0.3, 0.4) is 0 Å². The first-order valence-electron chi connectivity index (χ1n) is 10.9. The average molecular weight is 473 g/mol. The first kappa shape index (κ1) is 21.8.